The molecule has 0 aliphatic carbocycles. The van der Waals surface area contributed by atoms with E-state index >= 15 is 0 Å². The average molecular weight is 441 g/mol. The molecule has 0 atom stereocenters. The minimum atomic E-state index is -0.452. The lowest BCUT2D eigenvalue weighted by atomic mass is 10.1. The van der Waals surface area contributed by atoms with E-state index in [4.69, 9.17) is 4.74 Å². The van der Waals surface area contributed by atoms with Crippen LogP contribution in [0.5, 0.6) is 11.6 Å². The highest BCUT2D eigenvalue weighted by Crippen LogP contribution is 2.38. The van der Waals surface area contributed by atoms with Gasteiger partial charge < -0.3 is 9.64 Å². The molecule has 0 spiro atoms. The lowest BCUT2D eigenvalue weighted by molar-refractivity contribution is -0.385. The van der Waals surface area contributed by atoms with Gasteiger partial charge in [0.15, 0.2) is 0 Å². The molecular formula is C25H23N5O3. The van der Waals surface area contributed by atoms with Gasteiger partial charge in [-0.1, -0.05) is 66.7 Å². The molecule has 2 heterocycles. The van der Waals surface area contributed by atoms with Crippen molar-refractivity contribution in [3.63, 3.8) is 0 Å². The molecule has 8 nitrogen and oxygen atoms in total. The maximum atomic E-state index is 12.1. The molecule has 0 saturated carbocycles. The number of ether oxygens (including phenoxy) is 1. The monoisotopic (exact) mass is 441 g/mol. The van der Waals surface area contributed by atoms with Gasteiger partial charge in [-0.15, -0.1) is 0 Å². The fourth-order valence-electron chi connectivity index (χ4n) is 4.17. The van der Waals surface area contributed by atoms with Crippen molar-refractivity contribution in [3.8, 4) is 11.6 Å². The predicted octanol–water partition coefficient (Wildman–Crippen LogP) is 4.65. The minimum absolute atomic E-state index is 0.0481. The molecule has 0 radical (unpaired) electrons. The first kappa shape index (κ1) is 20.8. The highest BCUT2D eigenvalue weighted by Gasteiger charge is 2.30. The molecule has 1 aliphatic heterocycles. The van der Waals surface area contributed by atoms with Crippen LogP contribution in [-0.4, -0.2) is 46.0 Å². The van der Waals surface area contributed by atoms with Gasteiger partial charge in [-0.2, -0.15) is 4.98 Å². The number of anilines is 1. The minimum Gasteiger partial charge on any atom is -0.433 e. The van der Waals surface area contributed by atoms with Crippen LogP contribution >= 0.6 is 0 Å². The number of aromatic nitrogens is 2. The Morgan fingerprint density at radius 3 is 2.39 bits per heavy atom. The summed E-state index contributed by atoms with van der Waals surface area (Å²) in [7, 11) is 0. The van der Waals surface area contributed by atoms with Gasteiger partial charge in [0.05, 0.1) is 4.92 Å². The summed E-state index contributed by atoms with van der Waals surface area (Å²) in [6, 6.07) is 23.6. The molecule has 1 saturated heterocycles. The summed E-state index contributed by atoms with van der Waals surface area (Å²) in [6.45, 7) is 3.71. The van der Waals surface area contributed by atoms with Crippen molar-refractivity contribution in [1.82, 2.24) is 14.9 Å². The highest BCUT2D eigenvalue weighted by molar-refractivity contribution is 5.88. The van der Waals surface area contributed by atoms with Gasteiger partial charge in [-0.05, 0) is 17.0 Å². The first-order chi connectivity index (χ1) is 16.2. The van der Waals surface area contributed by atoms with E-state index in [0.717, 1.165) is 30.4 Å². The summed E-state index contributed by atoms with van der Waals surface area (Å²) in [4.78, 5) is 24.3. The molecule has 0 unspecified atom stereocenters. The summed E-state index contributed by atoms with van der Waals surface area (Å²) < 4.78 is 5.99. The number of hydrogen-bond acceptors (Lipinski definition) is 7. The Labute approximate surface area is 191 Å². The lowest BCUT2D eigenvalue weighted by Gasteiger charge is -2.35. The van der Waals surface area contributed by atoms with Crippen molar-refractivity contribution >= 4 is 22.3 Å². The van der Waals surface area contributed by atoms with Crippen LogP contribution in [0.15, 0.2) is 79.1 Å². The Bertz CT molecular complexity index is 1270. The lowest BCUT2D eigenvalue weighted by Crippen LogP contribution is -2.46. The van der Waals surface area contributed by atoms with Crippen molar-refractivity contribution in [1.29, 1.82) is 0 Å². The molecule has 1 fully saturated rings. The fourth-order valence-corrected chi connectivity index (χ4v) is 4.17. The largest absolute Gasteiger partial charge is 0.433 e. The SMILES string of the molecule is O=[N+]([O-])c1c(Oc2cccc3ccccc23)ncnc1N1CCN(Cc2ccccc2)CC1. The standard InChI is InChI=1S/C25H23N5O3/c31-30(32)23-24(29-15-13-28(14-16-29)17-19-7-2-1-3-8-19)26-18-27-25(23)33-22-12-6-10-20-9-4-5-11-21(20)22/h1-12,18H,13-17H2. The molecule has 166 valence electrons. The third-order valence-corrected chi connectivity index (χ3v) is 5.83. The quantitative estimate of drug-likeness (QED) is 0.318. The van der Waals surface area contributed by atoms with Crippen LogP contribution in [0.2, 0.25) is 0 Å². The van der Waals surface area contributed by atoms with Crippen molar-refractivity contribution < 1.29 is 9.66 Å². The van der Waals surface area contributed by atoms with Gasteiger partial charge in [0.25, 0.3) is 0 Å². The molecule has 4 aromatic rings. The number of hydrogen-bond donors (Lipinski definition) is 0. The predicted molar refractivity (Wildman–Crippen MR) is 127 cm³/mol. The third-order valence-electron chi connectivity index (χ3n) is 5.83. The first-order valence-corrected chi connectivity index (χ1v) is 10.9. The maximum Gasteiger partial charge on any atom is 0.373 e. The van der Waals surface area contributed by atoms with Gasteiger partial charge in [-0.3, -0.25) is 15.0 Å². The Balaban J connectivity index is 1.38. The van der Waals surface area contributed by atoms with Crippen LogP contribution in [0.1, 0.15) is 5.56 Å². The van der Waals surface area contributed by atoms with Crippen LogP contribution in [0.25, 0.3) is 10.8 Å². The zero-order chi connectivity index (χ0) is 22.6. The number of nitro groups is 1. The molecule has 1 aromatic heterocycles. The second kappa shape index (κ2) is 9.22. The topological polar surface area (TPSA) is 84.6 Å². The molecule has 8 heteroatoms. The van der Waals surface area contributed by atoms with Gasteiger partial charge in [0, 0.05) is 38.1 Å². The molecule has 5 rings (SSSR count). The fraction of sp³-hybridized carbons (Fsp3) is 0.200. The molecule has 1 aliphatic rings. The third kappa shape index (κ3) is 4.47. The number of benzene rings is 3. The van der Waals surface area contributed by atoms with E-state index in [2.05, 4.69) is 27.0 Å². The van der Waals surface area contributed by atoms with Crippen LogP contribution in [-0.2, 0) is 6.54 Å². The molecule has 33 heavy (non-hydrogen) atoms. The maximum absolute atomic E-state index is 12.1. The second-order valence-corrected chi connectivity index (χ2v) is 7.94. The van der Waals surface area contributed by atoms with E-state index in [1.54, 1.807) is 6.07 Å². The van der Waals surface area contributed by atoms with Crippen molar-refractivity contribution in [2.45, 2.75) is 6.54 Å². The summed E-state index contributed by atoms with van der Waals surface area (Å²) in [5.74, 6) is 0.770. The number of piperazine rings is 1. The first-order valence-electron chi connectivity index (χ1n) is 10.9. The summed E-state index contributed by atoms with van der Waals surface area (Å²) in [6.07, 6.45) is 1.33. The van der Waals surface area contributed by atoms with E-state index in [9.17, 15) is 10.1 Å². The van der Waals surface area contributed by atoms with E-state index in [-0.39, 0.29) is 11.6 Å². The highest BCUT2D eigenvalue weighted by atomic mass is 16.6. The second-order valence-electron chi connectivity index (χ2n) is 7.94. The Kier molecular flexibility index (Phi) is 5.82. The van der Waals surface area contributed by atoms with Crippen LogP contribution in [0.4, 0.5) is 11.5 Å². The Morgan fingerprint density at radius 2 is 1.61 bits per heavy atom. The van der Waals surface area contributed by atoms with Crippen LogP contribution in [0, 0.1) is 10.1 Å². The zero-order valence-corrected chi connectivity index (χ0v) is 18.0. The van der Waals surface area contributed by atoms with E-state index in [1.165, 1.54) is 11.9 Å². The molecular weight excluding hydrogens is 418 g/mol. The van der Waals surface area contributed by atoms with E-state index in [1.807, 2.05) is 59.5 Å². The van der Waals surface area contributed by atoms with Gasteiger partial charge in [0.2, 0.25) is 5.82 Å². The van der Waals surface area contributed by atoms with Crippen molar-refractivity contribution in [3.05, 3.63) is 94.8 Å². The number of nitrogens with zero attached hydrogens (tertiary/aromatic N) is 5. The summed E-state index contributed by atoms with van der Waals surface area (Å²) >= 11 is 0. The number of rotatable bonds is 6. The molecule has 0 bridgehead atoms. The van der Waals surface area contributed by atoms with Crippen LogP contribution in [0.3, 0.4) is 0 Å². The zero-order valence-electron chi connectivity index (χ0n) is 18.0. The number of fused-ring (bicyclic) bond motifs is 1. The molecule has 0 amide bonds. The van der Waals surface area contributed by atoms with E-state index < -0.39 is 4.92 Å². The molecule has 3 aromatic carbocycles. The Hall–Kier alpha value is -4.04. The Morgan fingerprint density at radius 1 is 0.879 bits per heavy atom. The van der Waals surface area contributed by atoms with Gasteiger partial charge >= 0.3 is 11.6 Å². The summed E-state index contributed by atoms with van der Waals surface area (Å²) in [5, 5.41) is 13.9. The van der Waals surface area contributed by atoms with Gasteiger partial charge in [0.1, 0.15) is 12.1 Å². The summed E-state index contributed by atoms with van der Waals surface area (Å²) in [5.41, 5.74) is 1.05. The smallest absolute Gasteiger partial charge is 0.373 e. The average Bonchev–Trinajstić information content (AvgIpc) is 2.85. The molecule has 0 N–H and O–H groups in total. The van der Waals surface area contributed by atoms with Crippen molar-refractivity contribution in [2.24, 2.45) is 0 Å². The normalized spacial score (nSPS) is 14.4. The van der Waals surface area contributed by atoms with Crippen molar-refractivity contribution in [2.75, 3.05) is 31.1 Å². The van der Waals surface area contributed by atoms with Gasteiger partial charge in [-0.25, -0.2) is 4.98 Å². The van der Waals surface area contributed by atoms with Crippen LogP contribution < -0.4 is 9.64 Å². The van der Waals surface area contributed by atoms with E-state index in [0.29, 0.717) is 24.7 Å².